The molecular weight excluding hydrogens is 250 g/mol. The van der Waals surface area contributed by atoms with E-state index in [2.05, 4.69) is 0 Å². The van der Waals surface area contributed by atoms with Crippen LogP contribution in [0.25, 0.3) is 0 Å². The van der Waals surface area contributed by atoms with Gasteiger partial charge in [0.05, 0.1) is 28.9 Å². The van der Waals surface area contributed by atoms with Crippen LogP contribution < -0.4 is 4.90 Å². The molecule has 0 saturated carbocycles. The van der Waals surface area contributed by atoms with Crippen molar-refractivity contribution in [2.45, 2.75) is 6.92 Å². The molecule has 0 aliphatic heterocycles. The van der Waals surface area contributed by atoms with Crippen molar-refractivity contribution in [3.63, 3.8) is 0 Å². The van der Waals surface area contributed by atoms with E-state index in [4.69, 9.17) is 16.9 Å². The molecule has 1 rings (SSSR count). The Bertz CT molecular complexity index is 480. The van der Waals surface area contributed by atoms with E-state index in [1.54, 1.807) is 37.2 Å². The molecule has 5 heteroatoms. The van der Waals surface area contributed by atoms with Crippen LogP contribution in [0.5, 0.6) is 0 Å². The van der Waals surface area contributed by atoms with Gasteiger partial charge in [0, 0.05) is 20.6 Å². The van der Waals surface area contributed by atoms with Crippen LogP contribution in [0.4, 0.5) is 5.69 Å². The van der Waals surface area contributed by atoms with Crippen LogP contribution in [-0.4, -0.2) is 38.0 Å². The maximum Gasteiger partial charge on any atom is 0.241 e. The average Bonchev–Trinajstić information content (AvgIpc) is 2.35. The first-order valence-electron chi connectivity index (χ1n) is 5.64. The Kier molecular flexibility index (Phi) is 4.99. The van der Waals surface area contributed by atoms with Gasteiger partial charge in [0.1, 0.15) is 0 Å². The molecule has 0 saturated heterocycles. The van der Waals surface area contributed by atoms with Gasteiger partial charge in [-0.2, -0.15) is 5.26 Å². The van der Waals surface area contributed by atoms with Crippen LogP contribution in [0.2, 0.25) is 5.02 Å². The molecule has 1 amide bonds. The normalized spacial score (nSPS) is 9.72. The van der Waals surface area contributed by atoms with Crippen molar-refractivity contribution in [2.24, 2.45) is 0 Å². The molecule has 0 aliphatic rings. The summed E-state index contributed by atoms with van der Waals surface area (Å²) in [4.78, 5) is 15.1. The molecule has 18 heavy (non-hydrogen) atoms. The van der Waals surface area contributed by atoms with Crippen molar-refractivity contribution in [3.8, 4) is 6.07 Å². The first-order valence-corrected chi connectivity index (χ1v) is 6.02. The molecule has 0 fully saturated rings. The van der Waals surface area contributed by atoms with Gasteiger partial charge < -0.3 is 9.80 Å². The summed E-state index contributed by atoms with van der Waals surface area (Å²) in [5, 5.41) is 9.27. The quantitative estimate of drug-likeness (QED) is 0.838. The minimum Gasteiger partial charge on any atom is -0.361 e. The zero-order chi connectivity index (χ0) is 13.7. The number of likely N-dealkylation sites (N-methyl/N-ethyl adjacent to an activating group) is 2. The fraction of sp³-hybridized carbons (Fsp3) is 0.385. The molecule has 96 valence electrons. The van der Waals surface area contributed by atoms with Crippen molar-refractivity contribution in [1.29, 1.82) is 5.26 Å². The molecule has 0 aliphatic carbocycles. The first kappa shape index (κ1) is 14.3. The van der Waals surface area contributed by atoms with Gasteiger partial charge in [0.2, 0.25) is 5.91 Å². The topological polar surface area (TPSA) is 47.3 Å². The minimum absolute atomic E-state index is 0.0114. The molecule has 0 bridgehead atoms. The van der Waals surface area contributed by atoms with Crippen LogP contribution in [0, 0.1) is 11.3 Å². The lowest BCUT2D eigenvalue weighted by Gasteiger charge is -2.25. The number of benzene rings is 1. The van der Waals surface area contributed by atoms with Gasteiger partial charge >= 0.3 is 0 Å². The molecule has 0 radical (unpaired) electrons. The molecule has 4 nitrogen and oxygen atoms in total. The number of nitrogens with zero attached hydrogens (tertiary/aromatic N) is 3. The first-order chi connectivity index (χ1) is 8.49. The smallest absolute Gasteiger partial charge is 0.241 e. The van der Waals surface area contributed by atoms with Crippen molar-refractivity contribution < 1.29 is 4.79 Å². The molecule has 1 aromatic rings. The summed E-state index contributed by atoms with van der Waals surface area (Å²) in [6.07, 6.45) is 0. The standard InChI is InChI=1S/C13H16ClN3O/c1-4-17(9-13(18)16(2)3)12-6-5-10(8-15)7-11(12)14/h5-7H,4,9H2,1-3H3. The third-order valence-electron chi connectivity index (χ3n) is 2.62. The van der Waals surface area contributed by atoms with Gasteiger partial charge in [-0.3, -0.25) is 4.79 Å². The number of hydrogen-bond acceptors (Lipinski definition) is 3. The number of carbonyl (C=O) groups is 1. The number of anilines is 1. The summed E-state index contributed by atoms with van der Waals surface area (Å²) in [6, 6.07) is 7.11. The maximum absolute atomic E-state index is 11.7. The maximum atomic E-state index is 11.7. The van der Waals surface area contributed by atoms with E-state index < -0.39 is 0 Å². The van der Waals surface area contributed by atoms with Gasteiger partial charge in [-0.25, -0.2) is 0 Å². The molecule has 0 aromatic heterocycles. The van der Waals surface area contributed by atoms with E-state index in [0.717, 1.165) is 5.69 Å². The summed E-state index contributed by atoms with van der Waals surface area (Å²) in [7, 11) is 3.44. The molecule has 0 N–H and O–H groups in total. The molecule has 0 atom stereocenters. The monoisotopic (exact) mass is 265 g/mol. The Morgan fingerprint density at radius 1 is 1.44 bits per heavy atom. The number of rotatable bonds is 4. The highest BCUT2D eigenvalue weighted by molar-refractivity contribution is 6.33. The largest absolute Gasteiger partial charge is 0.361 e. The number of nitriles is 1. The van der Waals surface area contributed by atoms with Crippen LogP contribution in [0.15, 0.2) is 18.2 Å². The van der Waals surface area contributed by atoms with E-state index in [1.165, 1.54) is 0 Å². The fourth-order valence-corrected chi connectivity index (χ4v) is 1.80. The summed E-state index contributed by atoms with van der Waals surface area (Å²) in [5.74, 6) is 0.0114. The van der Waals surface area contributed by atoms with Crippen LogP contribution in [-0.2, 0) is 4.79 Å². The van der Waals surface area contributed by atoms with Crippen LogP contribution in [0.1, 0.15) is 12.5 Å². The van der Waals surface area contributed by atoms with Crippen LogP contribution in [0.3, 0.4) is 0 Å². The highest BCUT2D eigenvalue weighted by atomic mass is 35.5. The number of carbonyl (C=O) groups excluding carboxylic acids is 1. The lowest BCUT2D eigenvalue weighted by atomic mass is 10.2. The molecule has 0 unspecified atom stereocenters. The predicted molar refractivity (Wildman–Crippen MR) is 72.7 cm³/mol. The lowest BCUT2D eigenvalue weighted by molar-refractivity contribution is -0.127. The zero-order valence-electron chi connectivity index (χ0n) is 10.8. The lowest BCUT2D eigenvalue weighted by Crippen LogP contribution is -2.36. The minimum atomic E-state index is 0.0114. The Morgan fingerprint density at radius 2 is 2.11 bits per heavy atom. The Balaban J connectivity index is 2.96. The second kappa shape index (κ2) is 6.27. The van der Waals surface area contributed by atoms with E-state index >= 15 is 0 Å². The number of amides is 1. The molecule has 0 heterocycles. The van der Waals surface area contributed by atoms with Crippen molar-refractivity contribution in [2.75, 3.05) is 32.1 Å². The SMILES string of the molecule is CCN(CC(=O)N(C)C)c1ccc(C#N)cc1Cl. The van der Waals surface area contributed by atoms with E-state index in [-0.39, 0.29) is 12.5 Å². The van der Waals surface area contributed by atoms with Gasteiger partial charge in [-0.05, 0) is 25.1 Å². The van der Waals surface area contributed by atoms with Crippen LogP contribution >= 0.6 is 11.6 Å². The second-order valence-electron chi connectivity index (χ2n) is 4.08. The van der Waals surface area contributed by atoms with Crippen molar-refractivity contribution >= 4 is 23.2 Å². The van der Waals surface area contributed by atoms with Gasteiger partial charge in [0.15, 0.2) is 0 Å². The zero-order valence-corrected chi connectivity index (χ0v) is 11.5. The van der Waals surface area contributed by atoms with E-state index in [9.17, 15) is 4.79 Å². The Labute approximate surface area is 112 Å². The second-order valence-corrected chi connectivity index (χ2v) is 4.49. The Hall–Kier alpha value is -1.73. The fourth-order valence-electron chi connectivity index (χ4n) is 1.50. The summed E-state index contributed by atoms with van der Waals surface area (Å²) >= 11 is 6.13. The number of halogens is 1. The predicted octanol–water partition coefficient (Wildman–Crippen LogP) is 2.13. The third kappa shape index (κ3) is 3.38. The third-order valence-corrected chi connectivity index (χ3v) is 2.93. The highest BCUT2D eigenvalue weighted by Gasteiger charge is 2.14. The van der Waals surface area contributed by atoms with Gasteiger partial charge in [-0.1, -0.05) is 11.6 Å². The molecule has 1 aromatic carbocycles. The van der Waals surface area contributed by atoms with Crippen molar-refractivity contribution in [3.05, 3.63) is 28.8 Å². The van der Waals surface area contributed by atoms with Gasteiger partial charge in [-0.15, -0.1) is 0 Å². The summed E-state index contributed by atoms with van der Waals surface area (Å²) in [6.45, 7) is 2.90. The number of hydrogen-bond donors (Lipinski definition) is 0. The summed E-state index contributed by atoms with van der Waals surface area (Å²) < 4.78 is 0. The van der Waals surface area contributed by atoms with E-state index in [1.807, 2.05) is 17.9 Å². The van der Waals surface area contributed by atoms with E-state index in [0.29, 0.717) is 17.1 Å². The molecule has 0 spiro atoms. The average molecular weight is 266 g/mol. The molecular formula is C13H16ClN3O. The Morgan fingerprint density at radius 3 is 2.56 bits per heavy atom. The van der Waals surface area contributed by atoms with Crippen molar-refractivity contribution in [1.82, 2.24) is 4.90 Å². The van der Waals surface area contributed by atoms with Gasteiger partial charge in [0.25, 0.3) is 0 Å². The highest BCUT2D eigenvalue weighted by Crippen LogP contribution is 2.26. The summed E-state index contributed by atoms with van der Waals surface area (Å²) in [5.41, 5.74) is 1.28.